The van der Waals surface area contributed by atoms with Gasteiger partial charge in [-0.05, 0) is 30.2 Å². The molecule has 0 saturated carbocycles. The highest BCUT2D eigenvalue weighted by molar-refractivity contribution is 5.29. The summed E-state index contributed by atoms with van der Waals surface area (Å²) in [4.78, 5) is 0. The molecule has 1 aromatic heterocycles. The first-order valence-electron chi connectivity index (χ1n) is 6.03. The van der Waals surface area contributed by atoms with Crippen LogP contribution in [-0.2, 0) is 13.5 Å². The second-order valence-electron chi connectivity index (χ2n) is 4.37. The van der Waals surface area contributed by atoms with Crippen LogP contribution >= 0.6 is 0 Å². The molecule has 1 aromatic carbocycles. The topological polar surface area (TPSA) is 47.3 Å². The van der Waals surface area contributed by atoms with Crippen molar-refractivity contribution >= 4 is 0 Å². The Kier molecular flexibility index (Phi) is 3.99. The molecule has 4 heteroatoms. The maximum atomic E-state index is 9.49. The van der Waals surface area contributed by atoms with Gasteiger partial charge in [0.15, 0.2) is 0 Å². The van der Waals surface area contributed by atoms with Crippen LogP contribution in [0.2, 0.25) is 0 Å². The van der Waals surface area contributed by atoms with Gasteiger partial charge in [-0.3, -0.25) is 4.68 Å². The van der Waals surface area contributed by atoms with Gasteiger partial charge in [0.2, 0.25) is 0 Å². The van der Waals surface area contributed by atoms with Gasteiger partial charge in [0.1, 0.15) is 5.75 Å². The Morgan fingerprint density at radius 1 is 1.44 bits per heavy atom. The second-order valence-corrected chi connectivity index (χ2v) is 4.37. The zero-order valence-electron chi connectivity index (χ0n) is 10.7. The van der Waals surface area contributed by atoms with Gasteiger partial charge in [-0.2, -0.15) is 5.10 Å². The zero-order valence-corrected chi connectivity index (χ0v) is 10.7. The quantitative estimate of drug-likeness (QED) is 0.878. The van der Waals surface area contributed by atoms with Crippen LogP contribution in [0, 0.1) is 0 Å². The number of rotatable bonds is 5. The van der Waals surface area contributed by atoms with E-state index >= 15 is 0 Å². The third kappa shape index (κ3) is 3.34. The van der Waals surface area contributed by atoms with Crippen molar-refractivity contribution in [1.29, 1.82) is 0 Å². The minimum atomic E-state index is -0.466. The summed E-state index contributed by atoms with van der Waals surface area (Å²) < 4.78 is 7.44. The van der Waals surface area contributed by atoms with Crippen molar-refractivity contribution in [3.63, 3.8) is 0 Å². The predicted octanol–water partition coefficient (Wildman–Crippen LogP) is 2.09. The average molecular weight is 246 g/mol. The molecule has 0 aliphatic carbocycles. The first-order valence-corrected chi connectivity index (χ1v) is 6.03. The van der Waals surface area contributed by atoms with Crippen LogP contribution in [0.4, 0.5) is 0 Å². The number of aromatic nitrogens is 2. The molecule has 0 spiro atoms. The largest absolute Gasteiger partial charge is 0.493 e. The molecule has 1 heterocycles. The number of ether oxygens (including phenoxy) is 1. The van der Waals surface area contributed by atoms with E-state index in [0.29, 0.717) is 6.61 Å². The minimum absolute atomic E-state index is 0.466. The molecular weight excluding hydrogens is 228 g/mol. The molecule has 96 valence electrons. The summed E-state index contributed by atoms with van der Waals surface area (Å²) in [6.07, 6.45) is 4.18. The molecule has 0 aliphatic rings. The van der Waals surface area contributed by atoms with Gasteiger partial charge in [-0.25, -0.2) is 0 Å². The average Bonchev–Trinajstić information content (AvgIpc) is 2.75. The van der Waals surface area contributed by atoms with Gasteiger partial charge in [0.25, 0.3) is 0 Å². The molecule has 0 radical (unpaired) electrons. The van der Waals surface area contributed by atoms with E-state index in [9.17, 15) is 5.11 Å². The van der Waals surface area contributed by atoms with Crippen molar-refractivity contribution in [2.75, 3.05) is 6.61 Å². The van der Waals surface area contributed by atoms with Gasteiger partial charge in [0.05, 0.1) is 18.9 Å². The summed E-state index contributed by atoms with van der Waals surface area (Å²) in [7, 11) is 1.90. The Morgan fingerprint density at radius 2 is 2.28 bits per heavy atom. The van der Waals surface area contributed by atoms with E-state index in [1.807, 2.05) is 43.7 Å². The van der Waals surface area contributed by atoms with E-state index in [-0.39, 0.29) is 0 Å². The van der Waals surface area contributed by atoms with Gasteiger partial charge in [-0.1, -0.05) is 12.1 Å². The standard InChI is InChI=1S/C14H18N2O2/c1-11(17)13-4-3-5-14(8-13)18-7-6-12-9-15-16(2)10-12/h3-5,8-11,17H,6-7H2,1-2H3/t11-/m1/s1. The molecule has 0 aliphatic heterocycles. The van der Waals surface area contributed by atoms with Crippen molar-refractivity contribution in [2.45, 2.75) is 19.4 Å². The van der Waals surface area contributed by atoms with Crippen LogP contribution in [0.1, 0.15) is 24.2 Å². The molecule has 4 nitrogen and oxygen atoms in total. The number of aliphatic hydroxyl groups is 1. The van der Waals surface area contributed by atoms with Gasteiger partial charge in [-0.15, -0.1) is 0 Å². The van der Waals surface area contributed by atoms with E-state index in [1.54, 1.807) is 11.6 Å². The summed E-state index contributed by atoms with van der Waals surface area (Å²) in [5.74, 6) is 0.789. The first kappa shape index (κ1) is 12.6. The summed E-state index contributed by atoms with van der Waals surface area (Å²) >= 11 is 0. The lowest BCUT2D eigenvalue weighted by Gasteiger charge is -2.09. The molecule has 0 unspecified atom stereocenters. The van der Waals surface area contributed by atoms with E-state index in [0.717, 1.165) is 23.3 Å². The molecule has 1 N–H and O–H groups in total. The zero-order chi connectivity index (χ0) is 13.0. The Bertz CT molecular complexity index is 506. The number of nitrogens with zero attached hydrogens (tertiary/aromatic N) is 2. The molecule has 18 heavy (non-hydrogen) atoms. The molecular formula is C14H18N2O2. The molecule has 2 rings (SSSR count). The monoisotopic (exact) mass is 246 g/mol. The maximum absolute atomic E-state index is 9.49. The van der Waals surface area contributed by atoms with E-state index in [2.05, 4.69) is 5.10 Å². The lowest BCUT2D eigenvalue weighted by atomic mass is 10.1. The Morgan fingerprint density at radius 3 is 2.94 bits per heavy atom. The van der Waals surface area contributed by atoms with Gasteiger partial charge < -0.3 is 9.84 Å². The Balaban J connectivity index is 1.88. The SMILES string of the molecule is C[C@@H](O)c1cccc(OCCc2cnn(C)c2)c1. The first-order chi connectivity index (χ1) is 8.65. The van der Waals surface area contributed by atoms with Crippen molar-refractivity contribution in [3.8, 4) is 5.75 Å². The van der Waals surface area contributed by atoms with Crippen LogP contribution in [0.25, 0.3) is 0 Å². The van der Waals surface area contributed by atoms with Crippen LogP contribution < -0.4 is 4.74 Å². The Hall–Kier alpha value is -1.81. The van der Waals surface area contributed by atoms with Crippen molar-refractivity contribution in [3.05, 3.63) is 47.8 Å². The molecule has 0 fully saturated rings. The summed E-state index contributed by atoms with van der Waals surface area (Å²) in [5, 5.41) is 13.6. The number of benzene rings is 1. The molecule has 0 saturated heterocycles. The van der Waals surface area contributed by atoms with Crippen LogP contribution in [0.15, 0.2) is 36.7 Å². The summed E-state index contributed by atoms with van der Waals surface area (Å²) in [5.41, 5.74) is 2.03. The van der Waals surface area contributed by atoms with Crippen molar-refractivity contribution < 1.29 is 9.84 Å². The maximum Gasteiger partial charge on any atom is 0.119 e. The molecule has 1 atom stereocenters. The van der Waals surface area contributed by atoms with E-state index in [1.165, 1.54) is 0 Å². The fraction of sp³-hybridized carbons (Fsp3) is 0.357. The molecule has 0 amide bonds. The molecule has 2 aromatic rings. The highest BCUT2D eigenvalue weighted by Gasteiger charge is 2.02. The van der Waals surface area contributed by atoms with E-state index < -0.39 is 6.10 Å². The highest BCUT2D eigenvalue weighted by Crippen LogP contribution is 2.18. The second kappa shape index (κ2) is 5.69. The van der Waals surface area contributed by atoms with E-state index in [4.69, 9.17) is 4.74 Å². The third-order valence-corrected chi connectivity index (χ3v) is 2.76. The predicted molar refractivity (Wildman–Crippen MR) is 69.5 cm³/mol. The lowest BCUT2D eigenvalue weighted by Crippen LogP contribution is -2.01. The van der Waals surface area contributed by atoms with Gasteiger partial charge >= 0.3 is 0 Å². The third-order valence-electron chi connectivity index (χ3n) is 2.76. The fourth-order valence-electron chi connectivity index (χ4n) is 1.75. The van der Waals surface area contributed by atoms with Crippen LogP contribution in [0.5, 0.6) is 5.75 Å². The highest BCUT2D eigenvalue weighted by atomic mass is 16.5. The van der Waals surface area contributed by atoms with Crippen LogP contribution in [-0.4, -0.2) is 21.5 Å². The fourth-order valence-corrected chi connectivity index (χ4v) is 1.75. The Labute approximate surface area is 107 Å². The molecule has 0 bridgehead atoms. The number of hydrogen-bond acceptors (Lipinski definition) is 3. The van der Waals surface area contributed by atoms with Crippen LogP contribution in [0.3, 0.4) is 0 Å². The summed E-state index contributed by atoms with van der Waals surface area (Å²) in [6.45, 7) is 2.35. The van der Waals surface area contributed by atoms with Crippen molar-refractivity contribution in [2.24, 2.45) is 7.05 Å². The van der Waals surface area contributed by atoms with Gasteiger partial charge in [0, 0.05) is 19.7 Å². The number of aliphatic hydroxyl groups excluding tert-OH is 1. The normalized spacial score (nSPS) is 12.4. The lowest BCUT2D eigenvalue weighted by molar-refractivity contribution is 0.198. The summed E-state index contributed by atoms with van der Waals surface area (Å²) in [6, 6.07) is 7.54. The number of hydrogen-bond donors (Lipinski definition) is 1. The van der Waals surface area contributed by atoms with Crippen molar-refractivity contribution in [1.82, 2.24) is 9.78 Å². The smallest absolute Gasteiger partial charge is 0.119 e. The number of aryl methyl sites for hydroxylation is 1. The minimum Gasteiger partial charge on any atom is -0.493 e.